The molecule has 0 aromatic heterocycles. The van der Waals surface area contributed by atoms with E-state index >= 15 is 0 Å². The van der Waals surface area contributed by atoms with Gasteiger partial charge in [0.15, 0.2) is 0 Å². The third kappa shape index (κ3) is 2.00. The van der Waals surface area contributed by atoms with Crippen molar-refractivity contribution < 1.29 is 4.74 Å². The van der Waals surface area contributed by atoms with E-state index in [9.17, 15) is 0 Å². The molecule has 1 atom stereocenters. The van der Waals surface area contributed by atoms with Crippen molar-refractivity contribution in [2.75, 3.05) is 7.11 Å². The molecule has 0 saturated heterocycles. The zero-order valence-electron chi connectivity index (χ0n) is 10.6. The van der Waals surface area contributed by atoms with Gasteiger partial charge in [-0.3, -0.25) is 0 Å². The lowest BCUT2D eigenvalue weighted by molar-refractivity contribution is 0.133. The number of allylic oxidation sites excluding steroid dienone is 2. The monoisotopic (exact) mass is 236 g/mol. The van der Waals surface area contributed by atoms with Gasteiger partial charge in [-0.05, 0) is 30.0 Å². The van der Waals surface area contributed by atoms with Crippen molar-refractivity contribution >= 4 is 0 Å². The second-order valence-corrected chi connectivity index (χ2v) is 4.71. The number of hydrogen-bond acceptors (Lipinski definition) is 1. The Morgan fingerprint density at radius 3 is 3.00 bits per heavy atom. The maximum atomic E-state index is 5.68. The third-order valence-corrected chi connectivity index (χ3v) is 3.61. The second-order valence-electron chi connectivity index (χ2n) is 4.71. The van der Waals surface area contributed by atoms with Crippen LogP contribution in [0.1, 0.15) is 24.0 Å². The molecule has 3 rings (SSSR count). The van der Waals surface area contributed by atoms with Crippen LogP contribution in [0.15, 0.2) is 47.6 Å². The van der Waals surface area contributed by atoms with Crippen LogP contribution in [0.3, 0.4) is 0 Å². The standard InChI is InChI=1S/C17H16O/c1-18-17-12-15-8-3-2-6-13(15)10-11-14-7-4-5-9-16(14)17/h2-3,5-6,8-9,17H,4,7,12H2,1H3. The Hall–Kier alpha value is -1.78. The fourth-order valence-electron chi connectivity index (χ4n) is 2.60. The Balaban J connectivity index is 2.12. The number of ether oxygens (including phenoxy) is 1. The first-order valence-electron chi connectivity index (χ1n) is 6.41. The summed E-state index contributed by atoms with van der Waals surface area (Å²) >= 11 is 0. The van der Waals surface area contributed by atoms with Crippen molar-refractivity contribution in [2.24, 2.45) is 0 Å². The number of hydrogen-bond donors (Lipinski definition) is 0. The van der Waals surface area contributed by atoms with E-state index in [0.717, 1.165) is 24.8 Å². The van der Waals surface area contributed by atoms with Crippen LogP contribution in [0, 0.1) is 11.8 Å². The van der Waals surface area contributed by atoms with E-state index in [1.54, 1.807) is 7.11 Å². The first kappa shape index (κ1) is 11.3. The predicted octanol–water partition coefficient (Wildman–Crippen LogP) is 3.26. The number of rotatable bonds is 1. The van der Waals surface area contributed by atoms with Gasteiger partial charge in [-0.25, -0.2) is 0 Å². The highest BCUT2D eigenvalue weighted by Gasteiger charge is 2.20. The Morgan fingerprint density at radius 2 is 2.11 bits per heavy atom. The fourth-order valence-corrected chi connectivity index (χ4v) is 2.60. The molecule has 90 valence electrons. The highest BCUT2D eigenvalue weighted by molar-refractivity contribution is 5.52. The fraction of sp³-hybridized carbons (Fsp3) is 0.294. The van der Waals surface area contributed by atoms with Crippen LogP contribution in [0.25, 0.3) is 0 Å². The topological polar surface area (TPSA) is 9.23 Å². The molecule has 2 aliphatic carbocycles. The molecule has 0 N–H and O–H groups in total. The summed E-state index contributed by atoms with van der Waals surface area (Å²) in [5, 5.41) is 0. The molecule has 1 nitrogen and oxygen atoms in total. The molecule has 2 aliphatic rings. The molecule has 1 aromatic rings. The molecule has 1 aromatic carbocycles. The van der Waals surface area contributed by atoms with Crippen LogP contribution in [0.4, 0.5) is 0 Å². The van der Waals surface area contributed by atoms with Gasteiger partial charge in [-0.2, -0.15) is 0 Å². The highest BCUT2D eigenvalue weighted by Crippen LogP contribution is 2.27. The maximum Gasteiger partial charge on any atom is 0.0870 e. The summed E-state index contributed by atoms with van der Waals surface area (Å²) in [5.41, 5.74) is 4.94. The van der Waals surface area contributed by atoms with Gasteiger partial charge in [0.25, 0.3) is 0 Å². The second kappa shape index (κ2) is 4.84. The minimum absolute atomic E-state index is 0.132. The summed E-state index contributed by atoms with van der Waals surface area (Å²) in [4.78, 5) is 0. The van der Waals surface area contributed by atoms with Crippen molar-refractivity contribution in [3.8, 4) is 11.8 Å². The van der Waals surface area contributed by atoms with Crippen molar-refractivity contribution in [3.63, 3.8) is 0 Å². The smallest absolute Gasteiger partial charge is 0.0870 e. The molecule has 0 saturated carbocycles. The molecule has 0 fully saturated rings. The molecular weight excluding hydrogens is 220 g/mol. The molecule has 1 heteroatoms. The number of fused-ring (bicyclic) bond motifs is 1. The normalized spacial score (nSPS) is 21.3. The van der Waals surface area contributed by atoms with E-state index in [2.05, 4.69) is 42.2 Å². The van der Waals surface area contributed by atoms with Crippen LogP contribution in [-0.4, -0.2) is 13.2 Å². The Bertz CT molecular complexity index is 581. The van der Waals surface area contributed by atoms with Crippen molar-refractivity contribution in [1.82, 2.24) is 0 Å². The number of benzene rings is 1. The van der Waals surface area contributed by atoms with Gasteiger partial charge in [0, 0.05) is 24.7 Å². The minimum Gasteiger partial charge on any atom is -0.376 e. The van der Waals surface area contributed by atoms with Gasteiger partial charge in [0.05, 0.1) is 6.10 Å². The summed E-state index contributed by atoms with van der Waals surface area (Å²) in [5.74, 6) is 6.65. The third-order valence-electron chi connectivity index (χ3n) is 3.61. The van der Waals surface area contributed by atoms with E-state index in [1.165, 1.54) is 16.7 Å². The van der Waals surface area contributed by atoms with Gasteiger partial charge >= 0.3 is 0 Å². The quantitative estimate of drug-likeness (QED) is 0.680. The van der Waals surface area contributed by atoms with Gasteiger partial charge in [0.2, 0.25) is 0 Å². The summed E-state index contributed by atoms with van der Waals surface area (Å²) in [6.07, 6.45) is 7.58. The average molecular weight is 236 g/mol. The first-order valence-corrected chi connectivity index (χ1v) is 6.41. The predicted molar refractivity (Wildman–Crippen MR) is 73.2 cm³/mol. The van der Waals surface area contributed by atoms with Crippen LogP contribution in [0.5, 0.6) is 0 Å². The lowest BCUT2D eigenvalue weighted by Crippen LogP contribution is -2.20. The molecule has 0 radical (unpaired) electrons. The highest BCUT2D eigenvalue weighted by atomic mass is 16.5. The summed E-state index contributed by atoms with van der Waals surface area (Å²) in [6, 6.07) is 8.36. The molecule has 1 unspecified atom stereocenters. The molecule has 0 aliphatic heterocycles. The van der Waals surface area contributed by atoms with E-state index in [1.807, 2.05) is 6.07 Å². The average Bonchev–Trinajstić information content (AvgIpc) is 2.41. The maximum absolute atomic E-state index is 5.68. The van der Waals surface area contributed by atoms with E-state index in [4.69, 9.17) is 4.74 Å². The molecule has 18 heavy (non-hydrogen) atoms. The van der Waals surface area contributed by atoms with Crippen LogP contribution >= 0.6 is 0 Å². The molecular formula is C17H16O. The minimum atomic E-state index is 0.132. The largest absolute Gasteiger partial charge is 0.376 e. The van der Waals surface area contributed by atoms with Crippen molar-refractivity contribution in [2.45, 2.75) is 25.4 Å². The van der Waals surface area contributed by atoms with Crippen LogP contribution in [0.2, 0.25) is 0 Å². The lowest BCUT2D eigenvalue weighted by atomic mass is 9.88. The van der Waals surface area contributed by atoms with E-state index in [0.29, 0.717) is 0 Å². The summed E-state index contributed by atoms with van der Waals surface area (Å²) in [6.45, 7) is 0. The Morgan fingerprint density at radius 1 is 1.22 bits per heavy atom. The van der Waals surface area contributed by atoms with Gasteiger partial charge in [-0.15, -0.1) is 0 Å². The van der Waals surface area contributed by atoms with Crippen LogP contribution in [-0.2, 0) is 11.2 Å². The first-order chi connectivity index (χ1) is 8.88. The van der Waals surface area contributed by atoms with E-state index in [-0.39, 0.29) is 6.10 Å². The number of methoxy groups -OCH3 is 1. The Kier molecular flexibility index (Phi) is 3.04. The summed E-state index contributed by atoms with van der Waals surface area (Å²) in [7, 11) is 1.79. The molecule has 0 bridgehead atoms. The molecule has 0 amide bonds. The van der Waals surface area contributed by atoms with Gasteiger partial charge < -0.3 is 4.74 Å². The Labute approximate surface area is 108 Å². The lowest BCUT2D eigenvalue weighted by Gasteiger charge is -2.23. The van der Waals surface area contributed by atoms with Gasteiger partial charge in [0.1, 0.15) is 0 Å². The molecule has 0 spiro atoms. The molecule has 0 heterocycles. The van der Waals surface area contributed by atoms with E-state index < -0.39 is 0 Å². The SMILES string of the molecule is COC1Cc2ccccc2C#CC2=C1C=CCC2. The van der Waals surface area contributed by atoms with Crippen LogP contribution < -0.4 is 0 Å². The van der Waals surface area contributed by atoms with Crippen molar-refractivity contribution in [1.29, 1.82) is 0 Å². The van der Waals surface area contributed by atoms with Crippen molar-refractivity contribution in [3.05, 3.63) is 58.7 Å². The zero-order chi connectivity index (χ0) is 12.4. The summed E-state index contributed by atoms with van der Waals surface area (Å²) < 4.78 is 5.68. The zero-order valence-corrected chi connectivity index (χ0v) is 10.6. The van der Waals surface area contributed by atoms with Gasteiger partial charge in [-0.1, -0.05) is 42.2 Å².